The number of nitrogens with one attached hydrogen (secondary N) is 1. The summed E-state index contributed by atoms with van der Waals surface area (Å²) in [5, 5.41) is 4.01. The van der Waals surface area contributed by atoms with Crippen LogP contribution < -0.4 is 5.32 Å². The van der Waals surface area contributed by atoms with Crippen LogP contribution in [0.5, 0.6) is 0 Å². The fraction of sp³-hybridized carbons (Fsp3) is 0.562. The molecule has 3 rings (SSSR count). The van der Waals surface area contributed by atoms with E-state index in [2.05, 4.69) is 23.2 Å². The molecule has 1 aromatic carbocycles. The van der Waals surface area contributed by atoms with Crippen molar-refractivity contribution in [2.45, 2.75) is 31.4 Å². The smallest absolute Gasteiger partial charge is 0.254 e. The van der Waals surface area contributed by atoms with Gasteiger partial charge in [-0.25, -0.2) is 0 Å². The van der Waals surface area contributed by atoms with E-state index in [-0.39, 0.29) is 18.3 Å². The Balaban J connectivity index is 0.00000161. The molecule has 2 aliphatic rings. The topological polar surface area (TPSA) is 32.3 Å². The zero-order valence-electron chi connectivity index (χ0n) is 12.4. The largest absolute Gasteiger partial charge is 0.385 e. The van der Waals surface area contributed by atoms with Gasteiger partial charge in [-0.1, -0.05) is 13.0 Å². The van der Waals surface area contributed by atoms with Crippen LogP contribution in [-0.2, 0) is 6.42 Å². The Kier molecular flexibility index (Phi) is 5.82. The molecule has 0 radical (unpaired) electrons. The lowest BCUT2D eigenvalue weighted by Gasteiger charge is -2.33. The van der Waals surface area contributed by atoms with E-state index >= 15 is 0 Å². The Morgan fingerprint density at radius 1 is 1.48 bits per heavy atom. The highest BCUT2D eigenvalue weighted by Gasteiger charge is 2.26. The summed E-state index contributed by atoms with van der Waals surface area (Å²) >= 11 is 2.00. The summed E-state index contributed by atoms with van der Waals surface area (Å²) in [6.07, 6.45) is 3.28. The molecule has 1 aromatic rings. The maximum absolute atomic E-state index is 12.8. The highest BCUT2D eigenvalue weighted by molar-refractivity contribution is 8.00. The van der Waals surface area contributed by atoms with E-state index in [1.165, 1.54) is 5.56 Å². The third-order valence-corrected chi connectivity index (χ3v) is 5.58. The fourth-order valence-electron chi connectivity index (χ4n) is 3.03. The lowest BCUT2D eigenvalue weighted by Crippen LogP contribution is -2.42. The predicted molar refractivity (Wildman–Crippen MR) is 92.9 cm³/mol. The minimum atomic E-state index is 0. The van der Waals surface area contributed by atoms with Crippen molar-refractivity contribution in [3.8, 4) is 0 Å². The Bertz CT molecular complexity index is 509. The lowest BCUT2D eigenvalue weighted by atomic mass is 9.96. The highest BCUT2D eigenvalue weighted by atomic mass is 35.5. The molecular weight excluding hydrogens is 304 g/mol. The molecule has 3 nitrogen and oxygen atoms in total. The zero-order valence-corrected chi connectivity index (χ0v) is 14.1. The quantitative estimate of drug-likeness (QED) is 0.903. The van der Waals surface area contributed by atoms with E-state index in [0.29, 0.717) is 5.25 Å². The van der Waals surface area contributed by atoms with Crippen molar-refractivity contribution < 1.29 is 4.79 Å². The number of benzene rings is 1. The SMILES string of the molecule is CCC1CN(C(=O)c2cccc3c2CCCN3)CCS1.Cl. The second-order valence-corrected chi connectivity index (χ2v) is 6.92. The first kappa shape index (κ1) is 16.5. The molecule has 1 unspecified atom stereocenters. The molecule has 5 heteroatoms. The van der Waals surface area contributed by atoms with Crippen molar-refractivity contribution in [3.63, 3.8) is 0 Å². The number of fused-ring (bicyclic) bond motifs is 1. The molecule has 0 spiro atoms. The zero-order chi connectivity index (χ0) is 13.9. The standard InChI is InChI=1S/C16H22N2OS.ClH/c1-2-12-11-18(9-10-20-12)16(19)14-5-3-7-15-13(14)6-4-8-17-15;/h3,5,7,12,17H,2,4,6,8-11H2,1H3;1H. The Morgan fingerprint density at radius 2 is 2.33 bits per heavy atom. The van der Waals surface area contributed by atoms with Crippen LogP contribution in [0.15, 0.2) is 18.2 Å². The van der Waals surface area contributed by atoms with Crippen LogP contribution in [0.1, 0.15) is 35.7 Å². The van der Waals surface area contributed by atoms with Crippen molar-refractivity contribution in [2.75, 3.05) is 30.7 Å². The number of anilines is 1. The second kappa shape index (κ2) is 7.41. The molecule has 0 aromatic heterocycles. The molecule has 2 aliphatic heterocycles. The molecule has 2 heterocycles. The van der Waals surface area contributed by atoms with Crippen LogP contribution >= 0.6 is 24.2 Å². The Morgan fingerprint density at radius 3 is 3.14 bits per heavy atom. The number of hydrogen-bond acceptors (Lipinski definition) is 3. The Hall–Kier alpha value is -0.870. The number of carbonyl (C=O) groups is 1. The van der Waals surface area contributed by atoms with Crippen molar-refractivity contribution >= 4 is 35.8 Å². The summed E-state index contributed by atoms with van der Waals surface area (Å²) in [6.45, 7) is 5.01. The van der Waals surface area contributed by atoms with Gasteiger partial charge in [0, 0.05) is 41.9 Å². The van der Waals surface area contributed by atoms with Crippen molar-refractivity contribution in [1.82, 2.24) is 4.90 Å². The number of nitrogens with zero attached hydrogens (tertiary/aromatic N) is 1. The van der Waals surface area contributed by atoms with Gasteiger partial charge in [-0.05, 0) is 37.0 Å². The van der Waals surface area contributed by atoms with E-state index in [4.69, 9.17) is 0 Å². The van der Waals surface area contributed by atoms with Gasteiger partial charge in [0.25, 0.3) is 5.91 Å². The number of amides is 1. The first-order valence-electron chi connectivity index (χ1n) is 7.56. The maximum atomic E-state index is 12.8. The van der Waals surface area contributed by atoms with Crippen LogP contribution in [0, 0.1) is 0 Å². The van der Waals surface area contributed by atoms with Crippen LogP contribution in [-0.4, -0.2) is 41.4 Å². The molecule has 1 atom stereocenters. The molecule has 1 N–H and O–H groups in total. The molecule has 21 heavy (non-hydrogen) atoms. The summed E-state index contributed by atoms with van der Waals surface area (Å²) in [4.78, 5) is 14.9. The van der Waals surface area contributed by atoms with Crippen LogP contribution in [0.25, 0.3) is 0 Å². The second-order valence-electron chi connectivity index (χ2n) is 5.51. The summed E-state index contributed by atoms with van der Waals surface area (Å²) < 4.78 is 0. The van der Waals surface area contributed by atoms with Crippen molar-refractivity contribution in [3.05, 3.63) is 29.3 Å². The number of hydrogen-bond donors (Lipinski definition) is 1. The average molecular weight is 327 g/mol. The van der Waals surface area contributed by atoms with Gasteiger partial charge >= 0.3 is 0 Å². The van der Waals surface area contributed by atoms with Gasteiger partial charge in [-0.3, -0.25) is 4.79 Å². The minimum Gasteiger partial charge on any atom is -0.385 e. The normalized spacial score (nSPS) is 21.0. The van der Waals surface area contributed by atoms with Crippen LogP contribution in [0.4, 0.5) is 5.69 Å². The van der Waals surface area contributed by atoms with E-state index in [9.17, 15) is 4.79 Å². The lowest BCUT2D eigenvalue weighted by molar-refractivity contribution is 0.0760. The van der Waals surface area contributed by atoms with Gasteiger partial charge in [-0.15, -0.1) is 12.4 Å². The van der Waals surface area contributed by atoms with Gasteiger partial charge in [0.05, 0.1) is 0 Å². The molecule has 0 aliphatic carbocycles. The average Bonchev–Trinajstić information content (AvgIpc) is 2.53. The third-order valence-electron chi connectivity index (χ3n) is 4.21. The summed E-state index contributed by atoms with van der Waals surface area (Å²) in [6, 6.07) is 6.09. The van der Waals surface area contributed by atoms with E-state index in [1.807, 2.05) is 23.9 Å². The minimum absolute atomic E-state index is 0. The van der Waals surface area contributed by atoms with Gasteiger partial charge in [0.15, 0.2) is 0 Å². The number of rotatable bonds is 2. The predicted octanol–water partition coefficient (Wildman–Crippen LogP) is 3.43. The number of halogens is 1. The molecule has 1 amide bonds. The van der Waals surface area contributed by atoms with E-state index in [0.717, 1.165) is 55.9 Å². The number of carbonyl (C=O) groups excluding carboxylic acids is 1. The molecule has 0 saturated carbocycles. The fourth-order valence-corrected chi connectivity index (χ4v) is 4.21. The highest BCUT2D eigenvalue weighted by Crippen LogP contribution is 2.28. The summed E-state index contributed by atoms with van der Waals surface area (Å²) in [5.41, 5.74) is 3.28. The maximum Gasteiger partial charge on any atom is 0.254 e. The van der Waals surface area contributed by atoms with Crippen LogP contribution in [0.2, 0.25) is 0 Å². The van der Waals surface area contributed by atoms with Crippen molar-refractivity contribution in [2.24, 2.45) is 0 Å². The van der Waals surface area contributed by atoms with E-state index < -0.39 is 0 Å². The number of thioether (sulfide) groups is 1. The first-order valence-corrected chi connectivity index (χ1v) is 8.61. The van der Waals surface area contributed by atoms with Crippen LogP contribution in [0.3, 0.4) is 0 Å². The molecule has 1 fully saturated rings. The van der Waals surface area contributed by atoms with Gasteiger partial charge in [0.2, 0.25) is 0 Å². The third kappa shape index (κ3) is 3.49. The summed E-state index contributed by atoms with van der Waals surface area (Å²) in [7, 11) is 0. The first-order chi connectivity index (χ1) is 9.79. The van der Waals surface area contributed by atoms with Gasteiger partial charge < -0.3 is 10.2 Å². The van der Waals surface area contributed by atoms with Gasteiger partial charge in [0.1, 0.15) is 0 Å². The molecule has 1 saturated heterocycles. The molecule has 116 valence electrons. The molecule has 0 bridgehead atoms. The monoisotopic (exact) mass is 326 g/mol. The van der Waals surface area contributed by atoms with E-state index in [1.54, 1.807) is 0 Å². The van der Waals surface area contributed by atoms with Crippen molar-refractivity contribution in [1.29, 1.82) is 0 Å². The molecular formula is C16H23ClN2OS. The van der Waals surface area contributed by atoms with Gasteiger partial charge in [-0.2, -0.15) is 11.8 Å². The summed E-state index contributed by atoms with van der Waals surface area (Å²) in [5.74, 6) is 1.29. The Labute approximate surface area is 137 Å².